The average Bonchev–Trinajstić information content (AvgIpc) is 3.15. The molecule has 0 fully saturated rings. The minimum Gasteiger partial charge on any atom is -0.481 e. The van der Waals surface area contributed by atoms with Gasteiger partial charge in [0.05, 0.1) is 5.69 Å². The van der Waals surface area contributed by atoms with Crippen molar-refractivity contribution in [3.8, 4) is 5.75 Å². The van der Waals surface area contributed by atoms with Crippen molar-refractivity contribution >= 4 is 40.2 Å². The number of anilines is 2. The maximum atomic E-state index is 6.70. The first kappa shape index (κ1) is 24.6. The van der Waals surface area contributed by atoms with Crippen LogP contribution in [0.3, 0.4) is 0 Å². The third kappa shape index (κ3) is 5.44. The number of ether oxygens (including phenoxy) is 1. The van der Waals surface area contributed by atoms with Gasteiger partial charge in [-0.1, -0.05) is 96.5 Å². The molecule has 0 saturated carbocycles. The molecule has 0 bridgehead atoms. The van der Waals surface area contributed by atoms with E-state index in [9.17, 15) is 0 Å². The third-order valence-electron chi connectivity index (χ3n) is 6.40. The summed E-state index contributed by atoms with van der Waals surface area (Å²) < 4.78 is 6.70. The minimum absolute atomic E-state index is 0.494. The molecule has 6 rings (SSSR count). The van der Waals surface area contributed by atoms with Gasteiger partial charge in [-0.25, -0.2) is 4.99 Å². The fourth-order valence-electron chi connectivity index (χ4n) is 4.60. The summed E-state index contributed by atoms with van der Waals surface area (Å²) in [6.07, 6.45) is -0.494. The lowest BCUT2D eigenvalue weighted by Gasteiger charge is -2.31. The molecular formula is C33H25ClN4O. The second kappa shape index (κ2) is 11.3. The number of hydrogen-bond donors (Lipinski definition) is 0. The standard InChI is InChI=1S/C33H25ClN4O/c34-25-15-12-16-26(23-25)36-37-31-32(24-13-4-1-5-14-24)39-30-22-11-10-21-29(30)35-33(31)38(27-17-6-2-7-18-27)28-19-8-3-9-20-28/h1-23,31-32H. The van der Waals surface area contributed by atoms with E-state index >= 15 is 0 Å². The second-order valence-corrected chi connectivity index (χ2v) is 9.47. The van der Waals surface area contributed by atoms with Gasteiger partial charge in [0.1, 0.15) is 17.3 Å². The van der Waals surface area contributed by atoms with Gasteiger partial charge in [-0.3, -0.25) is 4.90 Å². The first-order chi connectivity index (χ1) is 19.3. The largest absolute Gasteiger partial charge is 0.481 e. The van der Waals surface area contributed by atoms with Gasteiger partial charge in [0.25, 0.3) is 0 Å². The summed E-state index contributed by atoms with van der Waals surface area (Å²) in [5, 5.41) is 10.2. The van der Waals surface area contributed by atoms with Gasteiger partial charge in [-0.05, 0) is 60.2 Å². The number of azo groups is 1. The average molecular weight is 529 g/mol. The zero-order chi connectivity index (χ0) is 26.4. The predicted octanol–water partition coefficient (Wildman–Crippen LogP) is 9.49. The molecule has 1 aliphatic heterocycles. The summed E-state index contributed by atoms with van der Waals surface area (Å²) >= 11 is 6.26. The molecule has 5 nitrogen and oxygen atoms in total. The maximum Gasteiger partial charge on any atom is 0.170 e. The van der Waals surface area contributed by atoms with Gasteiger partial charge in [-0.2, -0.15) is 10.2 Å². The van der Waals surface area contributed by atoms with Crippen molar-refractivity contribution in [3.63, 3.8) is 0 Å². The molecule has 0 N–H and O–H groups in total. The second-order valence-electron chi connectivity index (χ2n) is 9.03. The molecule has 2 unspecified atom stereocenters. The Bertz CT molecular complexity index is 1570. The molecular weight excluding hydrogens is 504 g/mol. The summed E-state index contributed by atoms with van der Waals surface area (Å²) in [6.45, 7) is 0. The van der Waals surface area contributed by atoms with Crippen LogP contribution in [0.5, 0.6) is 5.75 Å². The van der Waals surface area contributed by atoms with Crippen LogP contribution in [0.1, 0.15) is 11.7 Å². The van der Waals surface area contributed by atoms with E-state index in [1.165, 1.54) is 0 Å². The van der Waals surface area contributed by atoms with E-state index < -0.39 is 12.1 Å². The molecule has 190 valence electrons. The number of amidine groups is 1. The highest BCUT2D eigenvalue weighted by atomic mass is 35.5. The molecule has 1 aliphatic rings. The van der Waals surface area contributed by atoms with Gasteiger partial charge >= 0.3 is 0 Å². The molecule has 39 heavy (non-hydrogen) atoms. The van der Waals surface area contributed by atoms with Crippen LogP contribution in [0.4, 0.5) is 22.7 Å². The topological polar surface area (TPSA) is 49.5 Å². The van der Waals surface area contributed by atoms with E-state index in [2.05, 4.69) is 34.3 Å². The van der Waals surface area contributed by atoms with E-state index in [4.69, 9.17) is 26.4 Å². The number of fused-ring (bicyclic) bond motifs is 1. The Hall–Kier alpha value is -4.74. The van der Waals surface area contributed by atoms with Crippen LogP contribution >= 0.6 is 11.6 Å². The smallest absolute Gasteiger partial charge is 0.170 e. The van der Waals surface area contributed by atoms with E-state index in [1.807, 2.05) is 109 Å². The van der Waals surface area contributed by atoms with Gasteiger partial charge in [0, 0.05) is 16.4 Å². The Morgan fingerprint density at radius 1 is 0.667 bits per heavy atom. The van der Waals surface area contributed by atoms with E-state index in [-0.39, 0.29) is 0 Å². The molecule has 5 aromatic carbocycles. The van der Waals surface area contributed by atoms with Crippen molar-refractivity contribution < 1.29 is 4.74 Å². The summed E-state index contributed by atoms with van der Waals surface area (Å²) in [6, 6.07) is 45.0. The fraction of sp³-hybridized carbons (Fsp3) is 0.0606. The van der Waals surface area contributed by atoms with Crippen LogP contribution in [0.15, 0.2) is 155 Å². The van der Waals surface area contributed by atoms with Crippen molar-refractivity contribution in [2.75, 3.05) is 4.90 Å². The Kier molecular flexibility index (Phi) is 7.15. The Balaban J connectivity index is 1.59. The zero-order valence-electron chi connectivity index (χ0n) is 21.0. The van der Waals surface area contributed by atoms with Gasteiger partial charge < -0.3 is 4.74 Å². The van der Waals surface area contributed by atoms with Crippen molar-refractivity contribution in [1.82, 2.24) is 0 Å². The van der Waals surface area contributed by atoms with Crippen LogP contribution in [-0.2, 0) is 0 Å². The first-order valence-electron chi connectivity index (χ1n) is 12.7. The number of rotatable bonds is 5. The third-order valence-corrected chi connectivity index (χ3v) is 6.63. The zero-order valence-corrected chi connectivity index (χ0v) is 21.8. The molecule has 5 aromatic rings. The summed E-state index contributed by atoms with van der Waals surface area (Å²) in [7, 11) is 0. The molecule has 0 aliphatic carbocycles. The van der Waals surface area contributed by atoms with Crippen LogP contribution in [0.25, 0.3) is 0 Å². The molecule has 0 amide bonds. The number of nitrogens with zero attached hydrogens (tertiary/aromatic N) is 4. The SMILES string of the molecule is Clc1cccc(N=NC2C(N(c3ccccc3)c3ccccc3)=Nc3ccccc3OC2c2ccccc2)c1. The monoisotopic (exact) mass is 528 g/mol. The number of halogens is 1. The number of hydrogen-bond acceptors (Lipinski definition) is 5. The van der Waals surface area contributed by atoms with Crippen molar-refractivity contribution in [2.24, 2.45) is 15.2 Å². The van der Waals surface area contributed by atoms with Crippen LogP contribution in [-0.4, -0.2) is 11.9 Å². The molecule has 0 spiro atoms. The van der Waals surface area contributed by atoms with E-state index in [0.29, 0.717) is 22.3 Å². The molecule has 2 atom stereocenters. The van der Waals surface area contributed by atoms with Crippen molar-refractivity contribution in [1.29, 1.82) is 0 Å². The highest BCUT2D eigenvalue weighted by Gasteiger charge is 2.37. The summed E-state index contributed by atoms with van der Waals surface area (Å²) in [5.74, 6) is 1.38. The lowest BCUT2D eigenvalue weighted by Crippen LogP contribution is -2.39. The first-order valence-corrected chi connectivity index (χ1v) is 13.1. The van der Waals surface area contributed by atoms with Gasteiger partial charge in [-0.15, -0.1) is 0 Å². The summed E-state index contributed by atoms with van der Waals surface area (Å²) in [4.78, 5) is 7.35. The van der Waals surface area contributed by atoms with Crippen LogP contribution in [0.2, 0.25) is 5.02 Å². The van der Waals surface area contributed by atoms with Crippen molar-refractivity contribution in [3.05, 3.63) is 150 Å². The molecule has 6 heteroatoms. The molecule has 1 heterocycles. The Labute approximate surface area is 232 Å². The van der Waals surface area contributed by atoms with Crippen molar-refractivity contribution in [2.45, 2.75) is 12.1 Å². The fourth-order valence-corrected chi connectivity index (χ4v) is 4.78. The quantitative estimate of drug-likeness (QED) is 0.213. The highest BCUT2D eigenvalue weighted by molar-refractivity contribution is 6.30. The number of aliphatic imine (C=N–C) groups is 1. The molecule has 0 aromatic heterocycles. The van der Waals surface area contributed by atoms with Crippen LogP contribution < -0.4 is 9.64 Å². The Morgan fingerprint density at radius 2 is 1.28 bits per heavy atom. The molecule has 0 radical (unpaired) electrons. The predicted molar refractivity (Wildman–Crippen MR) is 158 cm³/mol. The lowest BCUT2D eigenvalue weighted by atomic mass is 10.00. The lowest BCUT2D eigenvalue weighted by molar-refractivity contribution is 0.198. The van der Waals surface area contributed by atoms with Gasteiger partial charge in [0.2, 0.25) is 0 Å². The Morgan fingerprint density at radius 3 is 1.95 bits per heavy atom. The van der Waals surface area contributed by atoms with Gasteiger partial charge in [0.15, 0.2) is 12.1 Å². The normalized spacial score (nSPS) is 16.6. The van der Waals surface area contributed by atoms with E-state index in [0.717, 1.165) is 22.6 Å². The summed E-state index contributed by atoms with van der Waals surface area (Å²) in [5.41, 5.74) is 4.26. The van der Waals surface area contributed by atoms with Crippen LogP contribution in [0, 0.1) is 0 Å². The minimum atomic E-state index is -0.598. The molecule has 0 saturated heterocycles. The van der Waals surface area contributed by atoms with E-state index in [1.54, 1.807) is 6.07 Å². The highest BCUT2D eigenvalue weighted by Crippen LogP contribution is 2.41. The maximum absolute atomic E-state index is 6.70. The number of benzene rings is 5. The number of para-hydroxylation sites is 4.